The number of hydrogen-bond donors (Lipinski definition) is 0. The van der Waals surface area contributed by atoms with Gasteiger partial charge in [-0.25, -0.2) is 13.4 Å². The van der Waals surface area contributed by atoms with Gasteiger partial charge in [0.05, 0.1) is 22.8 Å². The molecule has 1 aromatic heterocycles. The lowest BCUT2D eigenvalue weighted by molar-refractivity contribution is 0.273. The molecule has 0 N–H and O–H groups in total. The predicted octanol–water partition coefficient (Wildman–Crippen LogP) is 7.45. The van der Waals surface area contributed by atoms with E-state index in [0.717, 1.165) is 41.0 Å². The van der Waals surface area contributed by atoms with Gasteiger partial charge in [0.15, 0.2) is 4.80 Å². The molecule has 0 bridgehead atoms. The summed E-state index contributed by atoms with van der Waals surface area (Å²) in [5.74, 6) is 0.513. The van der Waals surface area contributed by atoms with Gasteiger partial charge in [-0.15, -0.1) is 11.3 Å². The molecule has 2 heterocycles. The van der Waals surface area contributed by atoms with E-state index in [1.54, 1.807) is 27.8 Å². The first-order valence-electron chi connectivity index (χ1n) is 14.4. The van der Waals surface area contributed by atoms with E-state index in [-0.39, 0.29) is 0 Å². The highest BCUT2D eigenvalue weighted by atomic mass is 32.2. The van der Waals surface area contributed by atoms with Crippen molar-refractivity contribution in [2.75, 3.05) is 13.1 Å². The molecular formula is C35H35N3O2S2. The highest BCUT2D eigenvalue weighted by molar-refractivity contribution is 7.89. The fourth-order valence-corrected chi connectivity index (χ4v) is 7.94. The number of nitrogens with zero attached hydrogens (tertiary/aromatic N) is 3. The summed E-state index contributed by atoms with van der Waals surface area (Å²) in [5, 5.41) is 2.11. The molecule has 0 radical (unpaired) electrons. The second kappa shape index (κ2) is 12.6. The van der Waals surface area contributed by atoms with Crippen LogP contribution in [-0.2, 0) is 23.0 Å². The van der Waals surface area contributed by atoms with E-state index in [4.69, 9.17) is 4.99 Å². The Labute approximate surface area is 252 Å². The van der Waals surface area contributed by atoms with Crippen LogP contribution < -0.4 is 4.80 Å². The normalized spacial score (nSPS) is 15.2. The quantitative estimate of drug-likeness (QED) is 0.188. The van der Waals surface area contributed by atoms with E-state index < -0.39 is 10.0 Å². The first-order chi connectivity index (χ1) is 20.5. The third-order valence-corrected chi connectivity index (χ3v) is 10.7. The number of piperidine rings is 1. The first-order valence-corrected chi connectivity index (χ1v) is 16.8. The Bertz CT molecular complexity index is 1780. The highest BCUT2D eigenvalue weighted by Gasteiger charge is 2.29. The molecule has 0 aliphatic carbocycles. The standard InChI is InChI=1S/C35H35N3O2S2/c1-27-12-14-30(15-13-27)25-38-34(26-41-35(38)36-32-10-6-3-7-11-32)31-16-18-33(19-17-31)42(39,40)37-22-20-29(21-23-37)24-28-8-4-2-5-9-28/h2-19,26,29H,20-25H2,1H3. The maximum absolute atomic E-state index is 13.6. The molecule has 1 aliphatic heterocycles. The monoisotopic (exact) mass is 593 g/mol. The van der Waals surface area contributed by atoms with Crippen LogP contribution in [0.15, 0.2) is 124 Å². The first kappa shape index (κ1) is 28.3. The maximum Gasteiger partial charge on any atom is 0.243 e. The molecule has 5 nitrogen and oxygen atoms in total. The van der Waals surface area contributed by atoms with Gasteiger partial charge in [0.2, 0.25) is 10.0 Å². The fraction of sp³-hybridized carbons (Fsp3) is 0.229. The average Bonchev–Trinajstić information content (AvgIpc) is 3.41. The molecule has 4 aromatic carbocycles. The van der Waals surface area contributed by atoms with Crippen LogP contribution >= 0.6 is 11.3 Å². The van der Waals surface area contributed by atoms with Crippen molar-refractivity contribution in [3.05, 3.63) is 136 Å². The Balaban J connectivity index is 1.23. The van der Waals surface area contributed by atoms with Crippen molar-refractivity contribution in [3.8, 4) is 11.3 Å². The molecule has 1 saturated heterocycles. The van der Waals surface area contributed by atoms with Crippen LogP contribution in [-0.4, -0.2) is 30.4 Å². The van der Waals surface area contributed by atoms with Crippen molar-refractivity contribution in [2.24, 2.45) is 10.9 Å². The summed E-state index contributed by atoms with van der Waals surface area (Å²) in [5.41, 5.74) is 6.61. The minimum atomic E-state index is -3.54. The Morgan fingerprint density at radius 1 is 0.786 bits per heavy atom. The molecule has 1 fully saturated rings. The zero-order valence-electron chi connectivity index (χ0n) is 23.8. The van der Waals surface area contributed by atoms with Crippen LogP contribution in [0.3, 0.4) is 0 Å². The Morgan fingerprint density at radius 3 is 2.10 bits per heavy atom. The van der Waals surface area contributed by atoms with Crippen molar-refractivity contribution in [3.63, 3.8) is 0 Å². The largest absolute Gasteiger partial charge is 0.312 e. The summed E-state index contributed by atoms with van der Waals surface area (Å²) < 4.78 is 31.0. The molecule has 6 rings (SSSR count). The number of aromatic nitrogens is 1. The van der Waals surface area contributed by atoms with Crippen LogP contribution in [0.4, 0.5) is 5.69 Å². The Morgan fingerprint density at radius 2 is 1.43 bits per heavy atom. The smallest absolute Gasteiger partial charge is 0.243 e. The number of thiazole rings is 1. The van der Waals surface area contributed by atoms with Crippen LogP contribution in [0.25, 0.3) is 11.3 Å². The van der Waals surface area contributed by atoms with Crippen molar-refractivity contribution >= 4 is 27.0 Å². The summed E-state index contributed by atoms with van der Waals surface area (Å²) in [6, 6.07) is 36.3. The summed E-state index contributed by atoms with van der Waals surface area (Å²) in [7, 11) is -3.54. The van der Waals surface area contributed by atoms with Gasteiger partial charge in [-0.05, 0) is 73.1 Å². The number of sulfonamides is 1. The number of hydrogen-bond acceptors (Lipinski definition) is 4. The van der Waals surface area contributed by atoms with E-state index in [9.17, 15) is 8.42 Å². The second-order valence-electron chi connectivity index (χ2n) is 11.0. The lowest BCUT2D eigenvalue weighted by atomic mass is 9.91. The minimum Gasteiger partial charge on any atom is -0.312 e. The molecule has 7 heteroatoms. The van der Waals surface area contributed by atoms with Gasteiger partial charge in [-0.1, -0.05) is 90.5 Å². The Hall–Kier alpha value is -3.78. The fourth-order valence-electron chi connectivity index (χ4n) is 5.54. The molecule has 0 spiro atoms. The van der Waals surface area contributed by atoms with Crippen molar-refractivity contribution in [2.45, 2.75) is 37.6 Å². The van der Waals surface area contributed by atoms with Gasteiger partial charge in [0.1, 0.15) is 0 Å². The van der Waals surface area contributed by atoms with Gasteiger partial charge in [-0.3, -0.25) is 0 Å². The summed E-state index contributed by atoms with van der Waals surface area (Å²) >= 11 is 1.59. The SMILES string of the molecule is Cc1ccc(Cn2c(-c3ccc(S(=O)(=O)N4CCC(Cc5ccccc5)CC4)cc3)csc2=Nc2ccccc2)cc1. The predicted molar refractivity (Wildman–Crippen MR) is 171 cm³/mol. The minimum absolute atomic E-state index is 0.349. The van der Waals surface area contributed by atoms with Gasteiger partial charge < -0.3 is 4.57 Å². The highest BCUT2D eigenvalue weighted by Crippen LogP contribution is 2.28. The van der Waals surface area contributed by atoms with Crippen LogP contribution in [0, 0.1) is 12.8 Å². The van der Waals surface area contributed by atoms with Crippen LogP contribution in [0.5, 0.6) is 0 Å². The third kappa shape index (κ3) is 6.49. The molecule has 5 aromatic rings. The zero-order chi connectivity index (χ0) is 28.9. The number of benzene rings is 4. The second-order valence-corrected chi connectivity index (χ2v) is 13.8. The van der Waals surface area contributed by atoms with E-state index in [0.29, 0.717) is 30.4 Å². The lowest BCUT2D eigenvalue weighted by Crippen LogP contribution is -2.38. The number of rotatable bonds is 8. The topological polar surface area (TPSA) is 54.7 Å². The van der Waals surface area contributed by atoms with E-state index in [1.165, 1.54) is 16.7 Å². The van der Waals surface area contributed by atoms with Gasteiger partial charge >= 0.3 is 0 Å². The number of aryl methyl sites for hydroxylation is 1. The van der Waals surface area contributed by atoms with Crippen molar-refractivity contribution in [1.82, 2.24) is 8.87 Å². The van der Waals surface area contributed by atoms with Gasteiger partial charge in [-0.2, -0.15) is 4.31 Å². The third-order valence-electron chi connectivity index (χ3n) is 7.97. The molecule has 0 unspecified atom stereocenters. The molecule has 214 valence electrons. The maximum atomic E-state index is 13.6. The molecular weight excluding hydrogens is 559 g/mol. The average molecular weight is 594 g/mol. The summed E-state index contributed by atoms with van der Waals surface area (Å²) in [6.45, 7) is 3.88. The lowest BCUT2D eigenvalue weighted by Gasteiger charge is -2.31. The van der Waals surface area contributed by atoms with E-state index in [2.05, 4.69) is 65.4 Å². The molecule has 0 amide bonds. The molecule has 1 aliphatic rings. The van der Waals surface area contributed by atoms with Crippen LogP contribution in [0.1, 0.15) is 29.5 Å². The summed E-state index contributed by atoms with van der Waals surface area (Å²) in [4.78, 5) is 6.17. The van der Waals surface area contributed by atoms with E-state index in [1.807, 2.05) is 48.5 Å². The van der Waals surface area contributed by atoms with Gasteiger partial charge in [0.25, 0.3) is 0 Å². The Kier molecular flexibility index (Phi) is 8.51. The number of para-hydroxylation sites is 1. The van der Waals surface area contributed by atoms with Crippen molar-refractivity contribution in [1.29, 1.82) is 0 Å². The zero-order valence-corrected chi connectivity index (χ0v) is 25.4. The van der Waals surface area contributed by atoms with Crippen LogP contribution in [0.2, 0.25) is 0 Å². The molecule has 42 heavy (non-hydrogen) atoms. The van der Waals surface area contributed by atoms with Gasteiger partial charge in [0, 0.05) is 18.5 Å². The summed E-state index contributed by atoms with van der Waals surface area (Å²) in [6.07, 6.45) is 2.77. The van der Waals surface area contributed by atoms with Crippen molar-refractivity contribution < 1.29 is 8.42 Å². The molecule has 0 atom stereocenters. The van der Waals surface area contributed by atoms with E-state index >= 15 is 0 Å². The molecule has 0 saturated carbocycles.